The first-order valence-electron chi connectivity index (χ1n) is 14.1. The van der Waals surface area contributed by atoms with Gasteiger partial charge in [-0.25, -0.2) is 29.2 Å². The van der Waals surface area contributed by atoms with E-state index in [9.17, 15) is 4.39 Å². The van der Waals surface area contributed by atoms with Gasteiger partial charge in [0, 0.05) is 43.6 Å². The lowest BCUT2D eigenvalue weighted by Crippen LogP contribution is -2.78. The van der Waals surface area contributed by atoms with E-state index in [2.05, 4.69) is 65.1 Å². The molecule has 2 bridgehead atoms. The monoisotopic (exact) mass is 596 g/mol. The van der Waals surface area contributed by atoms with Crippen molar-refractivity contribution in [2.24, 2.45) is 0 Å². The van der Waals surface area contributed by atoms with Crippen LogP contribution in [0.1, 0.15) is 71.6 Å². The summed E-state index contributed by atoms with van der Waals surface area (Å²) < 4.78 is 29.7. The Balaban J connectivity index is 1.42. The molecule has 6 rings (SSSR count). The number of piperidine rings is 1. The van der Waals surface area contributed by atoms with Crippen LogP contribution in [0.3, 0.4) is 0 Å². The van der Waals surface area contributed by atoms with Gasteiger partial charge in [-0.05, 0) is 75.6 Å². The molecule has 218 valence electrons. The molecular weight excluding hydrogens is 561 g/mol. The van der Waals surface area contributed by atoms with Crippen LogP contribution in [0.5, 0.6) is 0 Å². The van der Waals surface area contributed by atoms with Crippen molar-refractivity contribution in [1.82, 2.24) is 40.6 Å². The minimum Gasteiger partial charge on any atom is -0.365 e. The van der Waals surface area contributed by atoms with E-state index in [1.54, 1.807) is 0 Å². The highest BCUT2D eigenvalue weighted by Gasteiger charge is 2.57. The summed E-state index contributed by atoms with van der Waals surface area (Å²) in [6.45, 7) is 6.20. The predicted octanol–water partition coefficient (Wildman–Crippen LogP) is 4.51. The zero-order valence-electron chi connectivity index (χ0n) is 22.8. The van der Waals surface area contributed by atoms with Gasteiger partial charge >= 0.3 is 0 Å². The van der Waals surface area contributed by atoms with Crippen molar-refractivity contribution < 1.29 is 8.78 Å². The van der Waals surface area contributed by atoms with E-state index in [1.165, 1.54) is 0 Å². The molecule has 1 spiro atoms. The van der Waals surface area contributed by atoms with Gasteiger partial charge in [-0.2, -0.15) is 9.97 Å². The van der Waals surface area contributed by atoms with Gasteiger partial charge < -0.3 is 10.6 Å². The molecule has 0 aliphatic carbocycles. The molecule has 4 aliphatic rings. The first-order valence-corrected chi connectivity index (χ1v) is 14.8. The average Bonchev–Trinajstić information content (AvgIpc) is 3.35. The summed E-state index contributed by atoms with van der Waals surface area (Å²) in [6, 6.07) is 0.134. The fourth-order valence-corrected chi connectivity index (χ4v) is 7.58. The fraction of sp³-hybridized carbons (Fsp3) is 0.692. The molecular formula is C26H36Cl2F2N10. The van der Waals surface area contributed by atoms with Crippen LogP contribution in [0.2, 0.25) is 10.6 Å². The van der Waals surface area contributed by atoms with Crippen LogP contribution < -0.4 is 21.4 Å². The molecule has 10 nitrogen and oxygen atoms in total. The number of aromatic nitrogens is 4. The number of nitrogens with one attached hydrogen (secondary N) is 4. The molecule has 2 aromatic heterocycles. The molecule has 0 aromatic carbocycles. The van der Waals surface area contributed by atoms with E-state index >= 15 is 4.39 Å². The largest absolute Gasteiger partial charge is 0.365 e. The molecule has 40 heavy (non-hydrogen) atoms. The van der Waals surface area contributed by atoms with Crippen molar-refractivity contribution in [3.63, 3.8) is 0 Å². The molecule has 4 aliphatic heterocycles. The molecule has 4 fully saturated rings. The summed E-state index contributed by atoms with van der Waals surface area (Å²) in [5.74, 6) is -1.64. The molecule has 0 amide bonds. The Labute approximate surface area is 243 Å². The standard InChI is InChI=1S/C26H36Cl2F2N10/c1-24(2)15-25(36-21-19(30)14-32-23(28)35-21)8-4-3-5-10-40(24)38-26(37-25)12-16(11-17-7-6-9-39(17)26)33-20-18(29)13-31-22(27)34-20/h13-14,16-17,37-38H,3-12,15H2,1-2H3,(H,31,33,34)(H,32,35,36)/t16-,17+,25-,26?/m0/s1. The van der Waals surface area contributed by atoms with Gasteiger partial charge in [-0.15, -0.1) is 0 Å². The zero-order valence-corrected chi connectivity index (χ0v) is 24.3. The minimum absolute atomic E-state index is 0.00791. The highest BCUT2D eigenvalue weighted by Crippen LogP contribution is 2.43. The Morgan fingerprint density at radius 2 is 1.70 bits per heavy atom. The lowest BCUT2D eigenvalue weighted by molar-refractivity contribution is -0.0985. The Kier molecular flexibility index (Phi) is 7.54. The van der Waals surface area contributed by atoms with Gasteiger partial charge in [-0.3, -0.25) is 10.2 Å². The molecule has 0 saturated carbocycles. The first kappa shape index (κ1) is 28.2. The summed E-state index contributed by atoms with van der Waals surface area (Å²) in [4.78, 5) is 18.4. The molecule has 0 radical (unpaired) electrons. The maximum Gasteiger partial charge on any atom is 0.224 e. The van der Waals surface area contributed by atoms with Gasteiger partial charge in [0.1, 0.15) is 5.79 Å². The number of nitrogens with zero attached hydrogens (tertiary/aromatic N) is 6. The van der Waals surface area contributed by atoms with Crippen LogP contribution in [0.25, 0.3) is 0 Å². The second-order valence-electron chi connectivity index (χ2n) is 12.2. The second-order valence-corrected chi connectivity index (χ2v) is 12.9. The fourth-order valence-electron chi connectivity index (χ4n) is 7.31. The SMILES string of the molecule is CC1(C)C[C@]2(Nc3nc(Cl)ncc3F)CCCCCN1NC1(C[C@@H](Nc3nc(Cl)ncc3F)C[C@H]3CCCN31)N2. The van der Waals surface area contributed by atoms with Crippen LogP contribution in [-0.2, 0) is 0 Å². The molecule has 4 N–H and O–H groups in total. The van der Waals surface area contributed by atoms with E-state index in [4.69, 9.17) is 23.2 Å². The average molecular weight is 598 g/mol. The van der Waals surface area contributed by atoms with E-state index in [1.807, 2.05) is 0 Å². The van der Waals surface area contributed by atoms with Gasteiger partial charge in [0.15, 0.2) is 23.3 Å². The number of anilines is 2. The smallest absolute Gasteiger partial charge is 0.224 e. The highest BCUT2D eigenvalue weighted by atomic mass is 35.5. The molecule has 6 heterocycles. The zero-order chi connectivity index (χ0) is 28.1. The number of hydrazine groups is 1. The number of hydrogen-bond donors (Lipinski definition) is 4. The highest BCUT2D eigenvalue weighted by molar-refractivity contribution is 6.28. The third-order valence-corrected chi connectivity index (χ3v) is 9.17. The van der Waals surface area contributed by atoms with Crippen LogP contribution in [-0.4, -0.2) is 72.0 Å². The summed E-state index contributed by atoms with van der Waals surface area (Å²) in [7, 11) is 0. The van der Waals surface area contributed by atoms with Crippen molar-refractivity contribution >= 4 is 34.8 Å². The Bertz CT molecular complexity index is 1250. The van der Waals surface area contributed by atoms with Crippen molar-refractivity contribution in [2.75, 3.05) is 23.7 Å². The maximum atomic E-state index is 15.0. The van der Waals surface area contributed by atoms with Crippen molar-refractivity contribution in [2.45, 2.75) is 101 Å². The summed E-state index contributed by atoms with van der Waals surface area (Å²) in [6.07, 6.45) is 10.1. The van der Waals surface area contributed by atoms with Crippen molar-refractivity contribution in [1.29, 1.82) is 0 Å². The van der Waals surface area contributed by atoms with Crippen molar-refractivity contribution in [3.8, 4) is 0 Å². The molecule has 5 atom stereocenters. The molecule has 4 saturated heterocycles. The first-order chi connectivity index (χ1) is 19.1. The molecule has 2 unspecified atom stereocenters. The van der Waals surface area contributed by atoms with E-state index in [0.717, 1.165) is 70.4 Å². The normalized spacial score (nSPS) is 34.0. The van der Waals surface area contributed by atoms with E-state index < -0.39 is 23.1 Å². The van der Waals surface area contributed by atoms with Gasteiger partial charge in [-0.1, -0.05) is 6.42 Å². The van der Waals surface area contributed by atoms with Gasteiger partial charge in [0.05, 0.1) is 18.1 Å². The summed E-state index contributed by atoms with van der Waals surface area (Å²) >= 11 is 12.1. The Morgan fingerprint density at radius 1 is 0.975 bits per heavy atom. The van der Waals surface area contributed by atoms with Gasteiger partial charge in [0.2, 0.25) is 10.6 Å². The number of hydrogen-bond acceptors (Lipinski definition) is 10. The van der Waals surface area contributed by atoms with Crippen LogP contribution >= 0.6 is 23.2 Å². The van der Waals surface area contributed by atoms with Gasteiger partial charge in [0.25, 0.3) is 0 Å². The van der Waals surface area contributed by atoms with Crippen molar-refractivity contribution in [3.05, 3.63) is 34.6 Å². The number of fused-ring (bicyclic) bond motifs is 5. The van der Waals surface area contributed by atoms with E-state index in [-0.39, 0.29) is 39.8 Å². The van der Waals surface area contributed by atoms with Crippen LogP contribution in [0, 0.1) is 11.6 Å². The summed E-state index contributed by atoms with van der Waals surface area (Å²) in [5, 5.41) is 13.1. The number of halogens is 4. The van der Waals surface area contributed by atoms with Crippen LogP contribution in [0.4, 0.5) is 20.4 Å². The lowest BCUT2D eigenvalue weighted by atomic mass is 9.85. The topological polar surface area (TPSA) is 106 Å². The summed E-state index contributed by atoms with van der Waals surface area (Å²) in [5.41, 5.74) is 2.90. The minimum atomic E-state index is -0.730. The third-order valence-electron chi connectivity index (χ3n) is 8.81. The quantitative estimate of drug-likeness (QED) is 0.377. The lowest BCUT2D eigenvalue weighted by Gasteiger charge is -2.55. The Hall–Kier alpha value is -1.96. The predicted molar refractivity (Wildman–Crippen MR) is 150 cm³/mol. The molecule has 2 aromatic rings. The maximum absolute atomic E-state index is 15.0. The second kappa shape index (κ2) is 10.7. The number of rotatable bonds is 4. The van der Waals surface area contributed by atoms with E-state index in [0.29, 0.717) is 12.8 Å². The third kappa shape index (κ3) is 5.46. The molecule has 14 heteroatoms. The Morgan fingerprint density at radius 3 is 2.48 bits per heavy atom. The van der Waals surface area contributed by atoms with Crippen LogP contribution in [0.15, 0.2) is 12.4 Å².